The summed E-state index contributed by atoms with van der Waals surface area (Å²) in [7, 11) is 0. The molecule has 1 amide bonds. The molecule has 0 spiro atoms. The molecule has 2 aliphatic rings. The van der Waals surface area contributed by atoms with Crippen molar-refractivity contribution in [2.75, 3.05) is 6.54 Å². The summed E-state index contributed by atoms with van der Waals surface area (Å²) in [6, 6.07) is 4.45. The van der Waals surface area contributed by atoms with Crippen molar-refractivity contribution in [1.82, 2.24) is 4.90 Å². The zero-order valence-electron chi connectivity index (χ0n) is 13.4. The average molecular weight is 349 g/mol. The minimum atomic E-state index is -4.51. The van der Waals surface area contributed by atoms with Crippen molar-refractivity contribution < 1.29 is 23.1 Å². The molecule has 1 aromatic rings. The number of nitrogens with zero attached hydrogens (tertiary/aromatic N) is 1. The molecule has 2 atom stereocenters. The second-order valence-electron chi connectivity index (χ2n) is 6.16. The smallest absolute Gasteiger partial charge is 0.391 e. The maximum Gasteiger partial charge on any atom is 0.416 e. The molecule has 1 fully saturated rings. The number of hydrogen-bond donors (Lipinski definition) is 1. The van der Waals surface area contributed by atoms with Crippen molar-refractivity contribution in [3.05, 3.63) is 71.8 Å². The third kappa shape index (κ3) is 3.69. The molecule has 1 aromatic carbocycles. The van der Waals surface area contributed by atoms with Gasteiger partial charge in [0, 0.05) is 6.54 Å². The van der Waals surface area contributed by atoms with Gasteiger partial charge in [-0.25, -0.2) is 0 Å². The highest BCUT2D eigenvalue weighted by Crippen LogP contribution is 2.41. The summed E-state index contributed by atoms with van der Waals surface area (Å²) in [6.07, 6.45) is 5.15. The Labute approximate surface area is 143 Å². The van der Waals surface area contributed by atoms with Crippen LogP contribution in [0.5, 0.6) is 0 Å². The van der Waals surface area contributed by atoms with Crippen molar-refractivity contribution in [1.29, 1.82) is 0 Å². The molecule has 1 saturated heterocycles. The molecule has 3 nitrogen and oxygen atoms in total. The first-order valence-corrected chi connectivity index (χ1v) is 8.04. The first kappa shape index (κ1) is 17.5. The van der Waals surface area contributed by atoms with Gasteiger partial charge in [-0.15, -0.1) is 0 Å². The van der Waals surface area contributed by atoms with Crippen molar-refractivity contribution in [3.8, 4) is 0 Å². The molecule has 0 radical (unpaired) electrons. The van der Waals surface area contributed by atoms with Crippen molar-refractivity contribution in [2.45, 2.75) is 24.7 Å². The lowest BCUT2D eigenvalue weighted by Crippen LogP contribution is -2.36. The number of rotatable bonds is 2. The number of β-amino-alcohol motifs (C(OH)–C–C–N with tert-alkyl or cyclic N) is 1. The summed E-state index contributed by atoms with van der Waals surface area (Å²) in [4.78, 5) is 14.2. The van der Waals surface area contributed by atoms with Gasteiger partial charge in [-0.05, 0) is 18.1 Å². The predicted molar refractivity (Wildman–Crippen MR) is 87.4 cm³/mol. The Morgan fingerprint density at radius 2 is 1.72 bits per heavy atom. The van der Waals surface area contributed by atoms with Gasteiger partial charge in [0.15, 0.2) is 0 Å². The Hall–Kier alpha value is -2.34. The topological polar surface area (TPSA) is 40.5 Å². The molecular formula is C19H18F3NO2. The number of alkyl halides is 3. The predicted octanol–water partition coefficient (Wildman–Crippen LogP) is 3.64. The monoisotopic (exact) mass is 349 g/mol. The SMILES string of the molecule is O=C(C1C=CC=CC=C1)N1C[C@H](O)C[C@H]1c1ccccc1C(F)(F)F. The Kier molecular flexibility index (Phi) is 4.81. The highest BCUT2D eigenvalue weighted by molar-refractivity contribution is 5.83. The highest BCUT2D eigenvalue weighted by Gasteiger charge is 2.42. The number of halogens is 3. The fourth-order valence-corrected chi connectivity index (χ4v) is 3.31. The minimum absolute atomic E-state index is 0.0274. The summed E-state index contributed by atoms with van der Waals surface area (Å²) in [5.74, 6) is -0.865. The number of carbonyl (C=O) groups is 1. The Morgan fingerprint density at radius 1 is 1.08 bits per heavy atom. The molecule has 0 aromatic heterocycles. The molecule has 1 heterocycles. The van der Waals surface area contributed by atoms with Crippen LogP contribution in [-0.4, -0.2) is 28.6 Å². The fraction of sp³-hybridized carbons (Fsp3) is 0.316. The Bertz CT molecular complexity index is 720. The average Bonchev–Trinajstić information content (AvgIpc) is 2.78. The van der Waals surface area contributed by atoms with Crippen LogP contribution >= 0.6 is 0 Å². The molecule has 0 bridgehead atoms. The van der Waals surface area contributed by atoms with Crippen LogP contribution < -0.4 is 0 Å². The molecule has 6 heteroatoms. The normalized spacial score (nSPS) is 23.9. The van der Waals surface area contributed by atoms with Crippen LogP contribution in [0.3, 0.4) is 0 Å². The van der Waals surface area contributed by atoms with Gasteiger partial charge >= 0.3 is 6.18 Å². The molecular weight excluding hydrogens is 331 g/mol. The molecule has 1 aliphatic heterocycles. The van der Waals surface area contributed by atoms with Crippen LogP contribution in [-0.2, 0) is 11.0 Å². The molecule has 0 unspecified atom stereocenters. The van der Waals surface area contributed by atoms with Gasteiger partial charge in [0.1, 0.15) is 0 Å². The summed E-state index contributed by atoms with van der Waals surface area (Å²) < 4.78 is 40.0. The van der Waals surface area contributed by atoms with Gasteiger partial charge in [0.25, 0.3) is 0 Å². The zero-order chi connectivity index (χ0) is 18.0. The van der Waals surface area contributed by atoms with Crippen LogP contribution in [0, 0.1) is 5.92 Å². The van der Waals surface area contributed by atoms with E-state index in [9.17, 15) is 23.1 Å². The van der Waals surface area contributed by atoms with E-state index < -0.39 is 29.8 Å². The van der Waals surface area contributed by atoms with Crippen LogP contribution in [0.2, 0.25) is 0 Å². The van der Waals surface area contributed by atoms with Gasteiger partial charge in [-0.1, -0.05) is 54.7 Å². The highest BCUT2D eigenvalue weighted by atomic mass is 19.4. The summed E-state index contributed by atoms with van der Waals surface area (Å²) in [6.45, 7) is 0.0291. The van der Waals surface area contributed by atoms with E-state index >= 15 is 0 Å². The van der Waals surface area contributed by atoms with E-state index in [2.05, 4.69) is 0 Å². The van der Waals surface area contributed by atoms with Gasteiger partial charge in [0.2, 0.25) is 5.91 Å². The minimum Gasteiger partial charge on any atom is -0.391 e. The number of allylic oxidation sites excluding steroid dienone is 4. The molecule has 132 valence electrons. The Morgan fingerprint density at radius 3 is 2.36 bits per heavy atom. The van der Waals surface area contributed by atoms with E-state index in [1.807, 2.05) is 0 Å². The summed E-state index contributed by atoms with van der Waals surface area (Å²) >= 11 is 0. The lowest BCUT2D eigenvalue weighted by atomic mass is 9.96. The first-order valence-electron chi connectivity index (χ1n) is 8.04. The van der Waals surface area contributed by atoms with E-state index in [4.69, 9.17) is 0 Å². The van der Waals surface area contributed by atoms with Crippen LogP contribution in [0.1, 0.15) is 23.6 Å². The van der Waals surface area contributed by atoms with Crippen molar-refractivity contribution in [3.63, 3.8) is 0 Å². The second kappa shape index (κ2) is 6.88. The standard InChI is InChI=1S/C19H18F3NO2/c20-19(21,22)16-10-6-5-9-15(16)17-11-14(24)12-23(17)18(25)13-7-3-1-2-4-8-13/h1-10,13-14,17,24H,11-12H2/t14-,17+/m1/s1. The first-order chi connectivity index (χ1) is 11.9. The summed E-state index contributed by atoms with van der Waals surface area (Å²) in [5.41, 5.74) is -0.736. The zero-order valence-corrected chi connectivity index (χ0v) is 13.4. The number of amides is 1. The number of aliphatic hydroxyl groups excluding tert-OH is 1. The van der Waals surface area contributed by atoms with E-state index in [-0.39, 0.29) is 24.4 Å². The van der Waals surface area contributed by atoms with E-state index in [1.165, 1.54) is 23.1 Å². The van der Waals surface area contributed by atoms with Gasteiger partial charge in [-0.3, -0.25) is 4.79 Å². The van der Waals surface area contributed by atoms with E-state index in [0.29, 0.717) is 0 Å². The van der Waals surface area contributed by atoms with Crippen LogP contribution in [0.25, 0.3) is 0 Å². The quantitative estimate of drug-likeness (QED) is 0.886. The third-order valence-corrected chi connectivity index (χ3v) is 4.44. The number of carbonyl (C=O) groups excluding carboxylic acids is 1. The molecule has 25 heavy (non-hydrogen) atoms. The second-order valence-corrected chi connectivity index (χ2v) is 6.16. The molecule has 1 aliphatic carbocycles. The van der Waals surface area contributed by atoms with E-state index in [1.54, 1.807) is 36.5 Å². The maximum absolute atomic E-state index is 13.3. The molecule has 1 N–H and O–H groups in total. The van der Waals surface area contributed by atoms with Gasteiger partial charge < -0.3 is 10.0 Å². The van der Waals surface area contributed by atoms with E-state index in [0.717, 1.165) is 6.07 Å². The maximum atomic E-state index is 13.3. The number of likely N-dealkylation sites (tertiary alicyclic amines) is 1. The van der Waals surface area contributed by atoms with Gasteiger partial charge in [0.05, 0.1) is 23.6 Å². The van der Waals surface area contributed by atoms with Crippen LogP contribution in [0.15, 0.2) is 60.7 Å². The van der Waals surface area contributed by atoms with Crippen molar-refractivity contribution in [2.24, 2.45) is 5.92 Å². The third-order valence-electron chi connectivity index (χ3n) is 4.44. The molecule has 3 rings (SSSR count). The number of benzene rings is 1. The fourth-order valence-electron chi connectivity index (χ4n) is 3.31. The lowest BCUT2D eigenvalue weighted by molar-refractivity contribution is -0.140. The number of hydrogen-bond acceptors (Lipinski definition) is 2. The van der Waals surface area contributed by atoms with Gasteiger partial charge in [-0.2, -0.15) is 13.2 Å². The van der Waals surface area contributed by atoms with Crippen LogP contribution in [0.4, 0.5) is 13.2 Å². The summed E-state index contributed by atoms with van der Waals surface area (Å²) in [5, 5.41) is 10.0. The Balaban J connectivity index is 1.94. The molecule has 0 saturated carbocycles. The largest absolute Gasteiger partial charge is 0.416 e. The van der Waals surface area contributed by atoms with Crippen molar-refractivity contribution >= 4 is 5.91 Å². The number of aliphatic hydroxyl groups is 1. The lowest BCUT2D eigenvalue weighted by Gasteiger charge is -2.28.